The minimum absolute atomic E-state index is 0.00740. The van der Waals surface area contributed by atoms with Gasteiger partial charge in [0.1, 0.15) is 5.75 Å². The molecule has 1 heterocycles. The molecular weight excluding hydrogens is 335 g/mol. The molecular formula is C18H22F3NO3. The maximum absolute atomic E-state index is 13.3. The number of benzene rings is 1. The van der Waals surface area contributed by atoms with Crippen molar-refractivity contribution in [1.82, 2.24) is 0 Å². The van der Waals surface area contributed by atoms with E-state index in [1.54, 1.807) is 18.2 Å². The van der Waals surface area contributed by atoms with Gasteiger partial charge in [-0.05, 0) is 31.1 Å². The molecule has 0 radical (unpaired) electrons. The van der Waals surface area contributed by atoms with Gasteiger partial charge in [0.15, 0.2) is 0 Å². The second-order valence-corrected chi connectivity index (χ2v) is 6.36. The van der Waals surface area contributed by atoms with Crippen LogP contribution in [0.1, 0.15) is 26.3 Å². The molecule has 0 N–H and O–H groups in total. The van der Waals surface area contributed by atoms with Crippen molar-refractivity contribution in [3.63, 3.8) is 0 Å². The van der Waals surface area contributed by atoms with Gasteiger partial charge < -0.3 is 14.4 Å². The van der Waals surface area contributed by atoms with E-state index < -0.39 is 23.8 Å². The molecule has 0 spiro atoms. The quantitative estimate of drug-likeness (QED) is 0.746. The van der Waals surface area contributed by atoms with Crippen LogP contribution in [0.3, 0.4) is 0 Å². The van der Waals surface area contributed by atoms with Crippen molar-refractivity contribution in [3.8, 4) is 5.75 Å². The molecule has 0 aliphatic carbocycles. The van der Waals surface area contributed by atoms with Crippen LogP contribution in [0.15, 0.2) is 23.8 Å². The van der Waals surface area contributed by atoms with Gasteiger partial charge in [-0.15, -0.1) is 0 Å². The maximum Gasteiger partial charge on any atom is 0.430 e. The smallest absolute Gasteiger partial charge is 0.430 e. The number of hydrogen-bond donors (Lipinski definition) is 0. The number of hydrogen-bond acceptors (Lipinski definition) is 4. The third-order valence-electron chi connectivity index (χ3n) is 3.72. The van der Waals surface area contributed by atoms with E-state index in [1.165, 1.54) is 13.0 Å². The van der Waals surface area contributed by atoms with Gasteiger partial charge in [-0.3, -0.25) is 0 Å². The Morgan fingerprint density at radius 1 is 1.36 bits per heavy atom. The lowest BCUT2D eigenvalue weighted by molar-refractivity contribution is -0.187. The zero-order valence-corrected chi connectivity index (χ0v) is 14.7. The first-order valence-corrected chi connectivity index (χ1v) is 8.10. The molecule has 7 heteroatoms. The first kappa shape index (κ1) is 19.1. The van der Waals surface area contributed by atoms with Crippen LogP contribution >= 0.6 is 0 Å². The number of carbonyl (C=O) groups is 1. The van der Waals surface area contributed by atoms with Crippen LogP contribution in [0.25, 0.3) is 6.08 Å². The lowest BCUT2D eigenvalue weighted by Crippen LogP contribution is -2.40. The molecule has 1 aromatic carbocycles. The molecule has 1 atom stereocenters. The van der Waals surface area contributed by atoms with E-state index in [0.29, 0.717) is 11.5 Å². The fourth-order valence-corrected chi connectivity index (χ4v) is 2.69. The molecule has 0 saturated carbocycles. The number of esters is 1. The van der Waals surface area contributed by atoms with Crippen molar-refractivity contribution in [3.05, 3.63) is 29.3 Å². The average molecular weight is 357 g/mol. The average Bonchev–Trinajstić information content (AvgIpc) is 2.51. The molecule has 0 amide bonds. The van der Waals surface area contributed by atoms with Crippen molar-refractivity contribution in [2.45, 2.75) is 33.1 Å². The number of rotatable bonds is 5. The van der Waals surface area contributed by atoms with E-state index in [4.69, 9.17) is 9.47 Å². The predicted molar refractivity (Wildman–Crippen MR) is 89.6 cm³/mol. The molecule has 1 aromatic rings. The Bertz CT molecular complexity index is 668. The highest BCUT2D eigenvalue weighted by molar-refractivity contribution is 5.96. The Hall–Kier alpha value is -2.18. The van der Waals surface area contributed by atoms with Gasteiger partial charge >= 0.3 is 12.1 Å². The first-order valence-electron chi connectivity index (χ1n) is 8.10. The summed E-state index contributed by atoms with van der Waals surface area (Å²) in [5.41, 5.74) is 0.636. The van der Waals surface area contributed by atoms with E-state index in [0.717, 1.165) is 12.2 Å². The summed E-state index contributed by atoms with van der Waals surface area (Å²) in [6, 6.07) is 5.00. The number of carbonyl (C=O) groups excluding carboxylic acids is 1. The Kier molecular flexibility index (Phi) is 5.65. The highest BCUT2D eigenvalue weighted by Gasteiger charge is 2.48. The summed E-state index contributed by atoms with van der Waals surface area (Å²) in [7, 11) is 1.87. The summed E-state index contributed by atoms with van der Waals surface area (Å²) < 4.78 is 49.9. The van der Waals surface area contributed by atoms with Crippen LogP contribution in [-0.2, 0) is 9.53 Å². The van der Waals surface area contributed by atoms with E-state index in [9.17, 15) is 18.0 Å². The zero-order chi connectivity index (χ0) is 18.8. The summed E-state index contributed by atoms with van der Waals surface area (Å²) in [6.45, 7) is 6.40. The molecule has 2 rings (SSSR count). The highest BCUT2D eigenvalue weighted by atomic mass is 19.4. The number of fused-ring (bicyclic) bond motifs is 1. The third-order valence-corrected chi connectivity index (χ3v) is 3.72. The van der Waals surface area contributed by atoms with E-state index in [2.05, 4.69) is 13.8 Å². The molecule has 0 aromatic heterocycles. The van der Waals surface area contributed by atoms with Crippen LogP contribution in [-0.4, -0.2) is 38.4 Å². The topological polar surface area (TPSA) is 38.8 Å². The lowest BCUT2D eigenvalue weighted by atomic mass is 10.0. The first-order chi connectivity index (χ1) is 11.6. The van der Waals surface area contributed by atoms with Gasteiger partial charge in [0.25, 0.3) is 0 Å². The van der Waals surface area contributed by atoms with Crippen LogP contribution < -0.4 is 9.64 Å². The van der Waals surface area contributed by atoms with E-state index in [1.807, 2.05) is 11.9 Å². The maximum atomic E-state index is 13.3. The number of anilines is 1. The van der Waals surface area contributed by atoms with E-state index >= 15 is 0 Å². The number of ether oxygens (including phenoxy) is 2. The summed E-state index contributed by atoms with van der Waals surface area (Å²) in [6.07, 6.45) is -5.85. The Morgan fingerprint density at radius 2 is 2.04 bits per heavy atom. The molecule has 4 nitrogen and oxygen atoms in total. The number of nitrogens with zero attached hydrogens (tertiary/aromatic N) is 1. The minimum atomic E-state index is -4.71. The summed E-state index contributed by atoms with van der Waals surface area (Å²) in [4.78, 5) is 13.8. The highest BCUT2D eigenvalue weighted by Crippen LogP contribution is 2.39. The normalized spacial score (nSPS) is 16.8. The lowest BCUT2D eigenvalue weighted by Gasteiger charge is -2.29. The molecule has 25 heavy (non-hydrogen) atoms. The fourth-order valence-electron chi connectivity index (χ4n) is 2.69. The standard InChI is InChI=1S/C18H22F3NO3/c1-5-24-17(23)14-8-12-6-7-13(22(4)10-11(2)3)9-15(12)25-16(14)18(19,20)21/h6-9,11,16H,5,10H2,1-4H3. The molecule has 0 fully saturated rings. The van der Waals surface area contributed by atoms with Crippen LogP contribution in [0.2, 0.25) is 0 Å². The van der Waals surface area contributed by atoms with Gasteiger partial charge in [-0.25, -0.2) is 4.79 Å². The van der Waals surface area contributed by atoms with Crippen LogP contribution in [0.4, 0.5) is 18.9 Å². The van der Waals surface area contributed by atoms with Gasteiger partial charge in [-0.1, -0.05) is 13.8 Å². The summed E-state index contributed by atoms with van der Waals surface area (Å²) >= 11 is 0. The molecule has 1 aliphatic heterocycles. The SMILES string of the molecule is CCOC(=O)C1=Cc2ccc(N(C)CC(C)C)cc2OC1C(F)(F)F. The second-order valence-electron chi connectivity index (χ2n) is 6.36. The molecule has 0 saturated heterocycles. The Balaban J connectivity index is 2.40. The monoisotopic (exact) mass is 357 g/mol. The van der Waals surface area contributed by atoms with Crippen LogP contribution in [0, 0.1) is 5.92 Å². The molecule has 1 aliphatic rings. The van der Waals surface area contributed by atoms with Crippen LogP contribution in [0.5, 0.6) is 5.75 Å². The van der Waals surface area contributed by atoms with Gasteiger partial charge in [0.2, 0.25) is 6.10 Å². The summed E-state index contributed by atoms with van der Waals surface area (Å²) in [5, 5.41) is 0. The van der Waals surface area contributed by atoms with E-state index in [-0.39, 0.29) is 12.4 Å². The fraction of sp³-hybridized carbons (Fsp3) is 0.500. The van der Waals surface area contributed by atoms with Crippen molar-refractivity contribution in [2.24, 2.45) is 5.92 Å². The predicted octanol–water partition coefficient (Wildman–Crippen LogP) is 4.05. The number of halogens is 3. The molecule has 138 valence electrons. The van der Waals surface area contributed by atoms with Crippen molar-refractivity contribution >= 4 is 17.7 Å². The molecule has 1 unspecified atom stereocenters. The van der Waals surface area contributed by atoms with Crippen molar-refractivity contribution in [2.75, 3.05) is 25.1 Å². The van der Waals surface area contributed by atoms with Gasteiger partial charge in [-0.2, -0.15) is 13.2 Å². The van der Waals surface area contributed by atoms with Crippen molar-refractivity contribution < 1.29 is 27.4 Å². The third kappa shape index (κ3) is 4.46. The number of alkyl halides is 3. The summed E-state index contributed by atoms with van der Waals surface area (Å²) in [5.74, 6) is -0.514. The van der Waals surface area contributed by atoms with Gasteiger partial charge in [0.05, 0.1) is 12.2 Å². The Morgan fingerprint density at radius 3 is 2.60 bits per heavy atom. The van der Waals surface area contributed by atoms with Crippen molar-refractivity contribution in [1.29, 1.82) is 0 Å². The zero-order valence-electron chi connectivity index (χ0n) is 14.7. The Labute approximate surface area is 145 Å². The van der Waals surface area contributed by atoms with Gasteiger partial charge in [0, 0.05) is 30.9 Å². The minimum Gasteiger partial charge on any atom is -0.475 e. The second kappa shape index (κ2) is 7.37. The largest absolute Gasteiger partial charge is 0.475 e. The molecule has 0 bridgehead atoms.